The molecule has 7 heteroatoms. The third kappa shape index (κ3) is 6.57. The van der Waals surface area contributed by atoms with Gasteiger partial charge in [-0.05, 0) is 18.2 Å². The molecule has 1 N–H and O–H groups in total. The van der Waals surface area contributed by atoms with Crippen LogP contribution in [-0.4, -0.2) is 80.2 Å². The van der Waals surface area contributed by atoms with Gasteiger partial charge in [-0.15, -0.1) is 13.2 Å². The average molecular weight is 393 g/mol. The number of rotatable bonds is 9. The summed E-state index contributed by atoms with van der Waals surface area (Å²) in [5.74, 6) is 0.593. The minimum Gasteiger partial charge on any atom is -0.495 e. The van der Waals surface area contributed by atoms with E-state index >= 15 is 0 Å². The van der Waals surface area contributed by atoms with Gasteiger partial charge in [-0.1, -0.05) is 23.8 Å². The lowest BCUT2D eigenvalue weighted by Crippen LogP contribution is -2.51. The van der Waals surface area contributed by atoms with Gasteiger partial charge < -0.3 is 15.0 Å². The molecule has 6 nitrogen and oxygen atoms in total. The first kappa shape index (κ1) is 21.3. The van der Waals surface area contributed by atoms with Gasteiger partial charge in [0.1, 0.15) is 5.75 Å². The minimum atomic E-state index is -0.129. The van der Waals surface area contributed by atoms with Gasteiger partial charge in [-0.25, -0.2) is 4.79 Å². The fraction of sp³-hybridized carbons (Fsp3) is 0.450. The molecule has 2 rings (SSSR count). The van der Waals surface area contributed by atoms with Crippen LogP contribution in [0.2, 0.25) is 5.02 Å². The van der Waals surface area contributed by atoms with E-state index in [9.17, 15) is 4.79 Å². The monoisotopic (exact) mass is 392 g/mol. The van der Waals surface area contributed by atoms with Crippen molar-refractivity contribution in [3.63, 3.8) is 0 Å². The maximum Gasteiger partial charge on any atom is 0.322 e. The van der Waals surface area contributed by atoms with Crippen molar-refractivity contribution in [3.8, 4) is 5.75 Å². The molecule has 0 spiro atoms. The Balaban J connectivity index is 1.81. The molecule has 2 amide bonds. The third-order valence-electron chi connectivity index (χ3n) is 4.57. The van der Waals surface area contributed by atoms with E-state index in [0.29, 0.717) is 29.5 Å². The van der Waals surface area contributed by atoms with Gasteiger partial charge in [-0.2, -0.15) is 0 Å². The summed E-state index contributed by atoms with van der Waals surface area (Å²) in [5, 5.41) is 3.45. The molecular formula is C20H29ClN4O2. The molecule has 0 aromatic heterocycles. The number of nitrogens with one attached hydrogen (secondary N) is 1. The van der Waals surface area contributed by atoms with Crippen LogP contribution in [0.25, 0.3) is 0 Å². The zero-order valence-corrected chi connectivity index (χ0v) is 16.7. The van der Waals surface area contributed by atoms with E-state index in [0.717, 1.165) is 39.3 Å². The van der Waals surface area contributed by atoms with Crippen molar-refractivity contribution in [3.05, 3.63) is 48.5 Å². The normalized spacial score (nSPS) is 14.9. The number of urea groups is 1. The highest BCUT2D eigenvalue weighted by Gasteiger charge is 2.22. The molecule has 0 atom stereocenters. The number of carbonyl (C=O) groups is 1. The third-order valence-corrected chi connectivity index (χ3v) is 4.80. The summed E-state index contributed by atoms with van der Waals surface area (Å²) in [5.41, 5.74) is 0.585. The number of benzene rings is 1. The molecule has 1 saturated heterocycles. The molecule has 0 saturated carbocycles. The molecule has 1 aliphatic rings. The van der Waals surface area contributed by atoms with E-state index in [1.807, 2.05) is 17.1 Å². The molecule has 1 fully saturated rings. The highest BCUT2D eigenvalue weighted by molar-refractivity contribution is 6.31. The lowest BCUT2D eigenvalue weighted by atomic mass is 10.3. The van der Waals surface area contributed by atoms with Crippen LogP contribution in [0.5, 0.6) is 5.75 Å². The van der Waals surface area contributed by atoms with Crippen LogP contribution in [0, 0.1) is 0 Å². The molecule has 1 heterocycles. The Morgan fingerprint density at radius 2 is 1.93 bits per heavy atom. The Bertz CT molecular complexity index is 635. The first-order valence-corrected chi connectivity index (χ1v) is 9.51. The van der Waals surface area contributed by atoms with E-state index in [4.69, 9.17) is 16.3 Å². The van der Waals surface area contributed by atoms with Crippen LogP contribution in [0.1, 0.15) is 0 Å². The number of hydrogen-bond donors (Lipinski definition) is 1. The molecular weight excluding hydrogens is 364 g/mol. The topological polar surface area (TPSA) is 48.0 Å². The summed E-state index contributed by atoms with van der Waals surface area (Å²) >= 11 is 6.02. The number of ether oxygens (including phenoxy) is 1. The molecule has 148 valence electrons. The first-order chi connectivity index (χ1) is 13.1. The van der Waals surface area contributed by atoms with E-state index in [1.54, 1.807) is 25.3 Å². The summed E-state index contributed by atoms with van der Waals surface area (Å²) in [7, 11) is 1.57. The van der Waals surface area contributed by atoms with Crippen molar-refractivity contribution in [2.24, 2.45) is 0 Å². The van der Waals surface area contributed by atoms with Crippen molar-refractivity contribution in [1.82, 2.24) is 14.7 Å². The Labute approximate surface area is 167 Å². The van der Waals surface area contributed by atoms with Crippen molar-refractivity contribution >= 4 is 23.3 Å². The lowest BCUT2D eigenvalue weighted by Gasteiger charge is -2.35. The maximum atomic E-state index is 12.6. The summed E-state index contributed by atoms with van der Waals surface area (Å²) in [6, 6.07) is 5.04. The van der Waals surface area contributed by atoms with Gasteiger partial charge in [0.2, 0.25) is 0 Å². The number of piperazine rings is 1. The largest absolute Gasteiger partial charge is 0.495 e. The van der Waals surface area contributed by atoms with Crippen molar-refractivity contribution in [2.75, 3.05) is 64.8 Å². The van der Waals surface area contributed by atoms with Gasteiger partial charge in [-0.3, -0.25) is 9.80 Å². The number of nitrogens with zero attached hydrogens (tertiary/aromatic N) is 3. The Morgan fingerprint density at radius 1 is 1.26 bits per heavy atom. The van der Waals surface area contributed by atoms with Crippen LogP contribution in [0.3, 0.4) is 0 Å². The summed E-state index contributed by atoms with van der Waals surface area (Å²) in [6.07, 6.45) is 3.83. The number of hydrogen-bond acceptors (Lipinski definition) is 4. The van der Waals surface area contributed by atoms with Crippen LogP contribution >= 0.6 is 11.6 Å². The Kier molecular flexibility index (Phi) is 8.64. The van der Waals surface area contributed by atoms with E-state index in [2.05, 4.69) is 28.3 Å². The Morgan fingerprint density at radius 3 is 2.52 bits per heavy atom. The predicted molar refractivity (Wildman–Crippen MR) is 112 cm³/mol. The highest BCUT2D eigenvalue weighted by atomic mass is 35.5. The Hall–Kier alpha value is -2.02. The number of amides is 2. The van der Waals surface area contributed by atoms with Crippen LogP contribution in [0.15, 0.2) is 43.5 Å². The van der Waals surface area contributed by atoms with Crippen LogP contribution in [-0.2, 0) is 0 Å². The van der Waals surface area contributed by atoms with Crippen molar-refractivity contribution in [2.45, 2.75) is 0 Å². The zero-order chi connectivity index (χ0) is 19.6. The molecule has 0 unspecified atom stereocenters. The number of anilines is 1. The van der Waals surface area contributed by atoms with Crippen LogP contribution < -0.4 is 10.1 Å². The molecule has 0 bridgehead atoms. The molecule has 0 radical (unpaired) electrons. The second-order valence-electron chi connectivity index (χ2n) is 6.44. The lowest BCUT2D eigenvalue weighted by molar-refractivity contribution is 0.137. The molecule has 0 aliphatic carbocycles. The highest BCUT2D eigenvalue weighted by Crippen LogP contribution is 2.28. The SMILES string of the molecule is C=CCN(CC=C)CCN1CCN(C(=O)Nc2cc(Cl)ccc2OC)CC1. The number of methoxy groups -OCH3 is 1. The standard InChI is InChI=1S/C20H29ClN4O2/c1-4-8-23(9-5-2)10-11-24-12-14-25(15-13-24)20(26)22-18-16-17(21)6-7-19(18)27-3/h4-7,16H,1-2,8-15H2,3H3,(H,22,26). The van der Waals surface area contributed by atoms with Crippen molar-refractivity contribution < 1.29 is 9.53 Å². The number of carbonyl (C=O) groups excluding carboxylic acids is 1. The van der Waals surface area contributed by atoms with Gasteiger partial charge in [0.05, 0.1) is 12.8 Å². The zero-order valence-electron chi connectivity index (χ0n) is 16.0. The molecule has 1 aromatic rings. The van der Waals surface area contributed by atoms with Gasteiger partial charge in [0, 0.05) is 57.4 Å². The maximum absolute atomic E-state index is 12.6. The van der Waals surface area contributed by atoms with Crippen LogP contribution in [0.4, 0.5) is 10.5 Å². The van der Waals surface area contributed by atoms with Crippen molar-refractivity contribution in [1.29, 1.82) is 0 Å². The summed E-state index contributed by atoms with van der Waals surface area (Å²) < 4.78 is 5.28. The summed E-state index contributed by atoms with van der Waals surface area (Å²) in [6.45, 7) is 14.3. The van der Waals surface area contributed by atoms with Gasteiger partial charge >= 0.3 is 6.03 Å². The second kappa shape index (κ2) is 11.0. The van der Waals surface area contributed by atoms with E-state index in [1.165, 1.54) is 0 Å². The quantitative estimate of drug-likeness (QED) is 0.656. The average Bonchev–Trinajstić information content (AvgIpc) is 2.67. The second-order valence-corrected chi connectivity index (χ2v) is 6.88. The number of halogens is 1. The fourth-order valence-electron chi connectivity index (χ4n) is 3.05. The molecule has 1 aliphatic heterocycles. The van der Waals surface area contributed by atoms with E-state index in [-0.39, 0.29) is 6.03 Å². The van der Waals surface area contributed by atoms with Gasteiger partial charge in [0.15, 0.2) is 0 Å². The molecule has 1 aromatic carbocycles. The van der Waals surface area contributed by atoms with E-state index < -0.39 is 0 Å². The summed E-state index contributed by atoms with van der Waals surface area (Å²) in [4.78, 5) is 19.1. The fourth-order valence-corrected chi connectivity index (χ4v) is 3.22. The minimum absolute atomic E-state index is 0.129. The predicted octanol–water partition coefficient (Wildman–Crippen LogP) is 3.17. The smallest absolute Gasteiger partial charge is 0.322 e. The molecule has 27 heavy (non-hydrogen) atoms. The first-order valence-electron chi connectivity index (χ1n) is 9.13. The van der Waals surface area contributed by atoms with Gasteiger partial charge in [0.25, 0.3) is 0 Å².